The highest BCUT2D eigenvalue weighted by Crippen LogP contribution is 2.21. The summed E-state index contributed by atoms with van der Waals surface area (Å²) in [6, 6.07) is 0. The molecule has 0 aliphatic carbocycles. The summed E-state index contributed by atoms with van der Waals surface area (Å²) in [7, 11) is 0. The van der Waals surface area contributed by atoms with E-state index >= 15 is 0 Å². The number of aliphatic hydroxyl groups is 2. The van der Waals surface area contributed by atoms with Crippen LogP contribution >= 0.6 is 0 Å². The van der Waals surface area contributed by atoms with Crippen LogP contribution in [0.4, 0.5) is 0 Å². The lowest BCUT2D eigenvalue weighted by Crippen LogP contribution is -2.53. The Morgan fingerprint density at radius 2 is 2.00 bits per heavy atom. The molecule has 2 N–H and O–H groups in total. The molecule has 1 aliphatic rings. The third-order valence-electron chi connectivity index (χ3n) is 2.89. The predicted octanol–water partition coefficient (Wildman–Crippen LogP) is 0.621. The lowest BCUT2D eigenvalue weighted by Gasteiger charge is -2.42. The summed E-state index contributed by atoms with van der Waals surface area (Å²) in [6.45, 7) is 7.28. The molecule has 1 fully saturated rings. The highest BCUT2D eigenvalue weighted by molar-refractivity contribution is 4.83. The van der Waals surface area contributed by atoms with Crippen LogP contribution in [0.15, 0.2) is 0 Å². The van der Waals surface area contributed by atoms with Crippen LogP contribution < -0.4 is 0 Å². The number of aliphatic hydroxyl groups excluding tert-OH is 2. The van der Waals surface area contributed by atoms with Crippen LogP contribution in [-0.2, 0) is 4.74 Å². The molecule has 0 saturated carbocycles. The number of ether oxygens (including phenoxy) is 1. The van der Waals surface area contributed by atoms with Gasteiger partial charge in [-0.25, -0.2) is 0 Å². The van der Waals surface area contributed by atoms with Crippen LogP contribution in [0, 0.1) is 0 Å². The van der Waals surface area contributed by atoms with Crippen LogP contribution in [0.2, 0.25) is 0 Å². The number of unbranched alkanes of at least 4 members (excludes halogenated alkanes) is 2. The van der Waals surface area contributed by atoms with E-state index in [9.17, 15) is 0 Å². The summed E-state index contributed by atoms with van der Waals surface area (Å²) >= 11 is 0. The van der Waals surface area contributed by atoms with Gasteiger partial charge >= 0.3 is 0 Å². The standard InChI is InChI=1S/C12H25NO3/c1-12(2)10-13(6-4-3-5-7-14)8-11(9-15)16-12/h11,14-15H,3-10H2,1-2H3. The van der Waals surface area contributed by atoms with Gasteiger partial charge in [0.2, 0.25) is 0 Å². The van der Waals surface area contributed by atoms with Crippen LogP contribution in [0.3, 0.4) is 0 Å². The molecule has 0 radical (unpaired) electrons. The van der Waals surface area contributed by atoms with Gasteiger partial charge in [-0.2, -0.15) is 0 Å². The smallest absolute Gasteiger partial charge is 0.0940 e. The van der Waals surface area contributed by atoms with Gasteiger partial charge in [-0.15, -0.1) is 0 Å². The lowest BCUT2D eigenvalue weighted by atomic mass is 10.0. The Hall–Kier alpha value is -0.160. The second-order valence-electron chi connectivity index (χ2n) is 5.20. The van der Waals surface area contributed by atoms with Gasteiger partial charge in [-0.05, 0) is 39.7 Å². The number of hydrogen-bond donors (Lipinski definition) is 2. The second kappa shape index (κ2) is 6.55. The first-order valence-electron chi connectivity index (χ1n) is 6.19. The van der Waals surface area contributed by atoms with Crippen molar-refractivity contribution < 1.29 is 14.9 Å². The summed E-state index contributed by atoms with van der Waals surface area (Å²) < 4.78 is 5.75. The van der Waals surface area contributed by atoms with Gasteiger partial charge < -0.3 is 14.9 Å². The minimum absolute atomic E-state index is 0.0541. The van der Waals surface area contributed by atoms with E-state index < -0.39 is 0 Å². The average molecular weight is 231 g/mol. The fourth-order valence-electron chi connectivity index (χ4n) is 2.31. The Kier molecular flexibility index (Phi) is 5.69. The molecule has 1 atom stereocenters. The van der Waals surface area contributed by atoms with Gasteiger partial charge in [0.25, 0.3) is 0 Å². The molecule has 1 heterocycles. The van der Waals surface area contributed by atoms with Crippen LogP contribution in [0.25, 0.3) is 0 Å². The highest BCUT2D eigenvalue weighted by atomic mass is 16.5. The SMILES string of the molecule is CC1(C)CN(CCCCCO)CC(CO)O1. The normalized spacial score (nSPS) is 25.9. The van der Waals surface area contributed by atoms with E-state index in [2.05, 4.69) is 18.7 Å². The van der Waals surface area contributed by atoms with Crippen LogP contribution in [-0.4, -0.2) is 59.7 Å². The van der Waals surface area contributed by atoms with Gasteiger partial charge in [0.15, 0.2) is 0 Å². The number of rotatable bonds is 6. The molecular formula is C12H25NO3. The van der Waals surface area contributed by atoms with Crippen molar-refractivity contribution in [1.29, 1.82) is 0 Å². The number of nitrogens with zero attached hydrogens (tertiary/aromatic N) is 1. The predicted molar refractivity (Wildman–Crippen MR) is 63.4 cm³/mol. The third-order valence-corrected chi connectivity index (χ3v) is 2.89. The van der Waals surface area contributed by atoms with Gasteiger partial charge in [-0.3, -0.25) is 4.90 Å². The second-order valence-corrected chi connectivity index (χ2v) is 5.20. The van der Waals surface area contributed by atoms with Crippen molar-refractivity contribution >= 4 is 0 Å². The molecule has 16 heavy (non-hydrogen) atoms. The van der Waals surface area contributed by atoms with Crippen molar-refractivity contribution in [2.75, 3.05) is 32.8 Å². The van der Waals surface area contributed by atoms with Crippen molar-refractivity contribution in [3.63, 3.8) is 0 Å². The summed E-state index contributed by atoms with van der Waals surface area (Å²) in [4.78, 5) is 2.35. The molecule has 0 aromatic carbocycles. The monoisotopic (exact) mass is 231 g/mol. The molecule has 4 nitrogen and oxygen atoms in total. The van der Waals surface area contributed by atoms with E-state index in [1.54, 1.807) is 0 Å². The number of morpholine rings is 1. The Bertz CT molecular complexity index is 197. The molecule has 96 valence electrons. The maximum atomic E-state index is 9.17. The molecule has 1 aliphatic heterocycles. The quantitative estimate of drug-likeness (QED) is 0.658. The van der Waals surface area contributed by atoms with Crippen molar-refractivity contribution in [3.8, 4) is 0 Å². The first-order valence-corrected chi connectivity index (χ1v) is 6.19. The van der Waals surface area contributed by atoms with Crippen molar-refractivity contribution in [1.82, 2.24) is 4.90 Å². The Morgan fingerprint density at radius 1 is 1.25 bits per heavy atom. The Morgan fingerprint density at radius 3 is 2.62 bits per heavy atom. The Labute approximate surface area is 98.2 Å². The van der Waals surface area contributed by atoms with E-state index in [0.29, 0.717) is 0 Å². The zero-order chi connectivity index (χ0) is 12.0. The molecular weight excluding hydrogens is 206 g/mol. The summed E-state index contributed by atoms with van der Waals surface area (Å²) in [6.07, 6.45) is 3.01. The fraction of sp³-hybridized carbons (Fsp3) is 1.00. The lowest BCUT2D eigenvalue weighted by molar-refractivity contribution is -0.148. The van der Waals surface area contributed by atoms with E-state index in [0.717, 1.165) is 38.9 Å². The molecule has 1 saturated heterocycles. The summed E-state index contributed by atoms with van der Waals surface area (Å²) in [5.74, 6) is 0. The topological polar surface area (TPSA) is 52.9 Å². The first-order chi connectivity index (χ1) is 7.57. The minimum Gasteiger partial charge on any atom is -0.396 e. The van der Waals surface area contributed by atoms with Crippen molar-refractivity contribution in [3.05, 3.63) is 0 Å². The van der Waals surface area contributed by atoms with Gasteiger partial charge in [-0.1, -0.05) is 0 Å². The van der Waals surface area contributed by atoms with Crippen molar-refractivity contribution in [2.24, 2.45) is 0 Å². The first kappa shape index (κ1) is 13.9. The highest BCUT2D eigenvalue weighted by Gasteiger charge is 2.32. The molecule has 0 aromatic rings. The van der Waals surface area contributed by atoms with Gasteiger partial charge in [0.1, 0.15) is 0 Å². The van der Waals surface area contributed by atoms with E-state index in [-0.39, 0.29) is 24.9 Å². The molecule has 1 rings (SSSR count). The fourth-order valence-corrected chi connectivity index (χ4v) is 2.31. The largest absolute Gasteiger partial charge is 0.396 e. The van der Waals surface area contributed by atoms with Gasteiger partial charge in [0.05, 0.1) is 18.3 Å². The molecule has 1 unspecified atom stereocenters. The summed E-state index contributed by atoms with van der Waals surface area (Å²) in [5, 5.41) is 17.9. The van der Waals surface area contributed by atoms with Crippen LogP contribution in [0.5, 0.6) is 0 Å². The number of hydrogen-bond acceptors (Lipinski definition) is 4. The third kappa shape index (κ3) is 4.78. The molecule has 0 spiro atoms. The van der Waals surface area contributed by atoms with Crippen LogP contribution in [0.1, 0.15) is 33.1 Å². The van der Waals surface area contributed by atoms with E-state index in [1.165, 1.54) is 0 Å². The molecule has 0 amide bonds. The van der Waals surface area contributed by atoms with E-state index in [1.807, 2.05) is 0 Å². The average Bonchev–Trinajstić information content (AvgIpc) is 2.22. The molecule has 0 aromatic heterocycles. The molecule has 4 heteroatoms. The molecule has 0 bridgehead atoms. The zero-order valence-electron chi connectivity index (χ0n) is 10.5. The van der Waals surface area contributed by atoms with E-state index in [4.69, 9.17) is 14.9 Å². The maximum Gasteiger partial charge on any atom is 0.0940 e. The minimum atomic E-state index is -0.164. The zero-order valence-corrected chi connectivity index (χ0v) is 10.5. The van der Waals surface area contributed by atoms with Crippen molar-refractivity contribution in [2.45, 2.75) is 44.8 Å². The maximum absolute atomic E-state index is 9.17. The Balaban J connectivity index is 2.29. The summed E-state index contributed by atoms with van der Waals surface area (Å²) in [5.41, 5.74) is -0.164. The van der Waals surface area contributed by atoms with Gasteiger partial charge in [0, 0.05) is 19.7 Å².